The summed E-state index contributed by atoms with van der Waals surface area (Å²) in [5.74, 6) is 3.26. The first kappa shape index (κ1) is 15.5. The van der Waals surface area contributed by atoms with Gasteiger partial charge in [0.05, 0.1) is 5.69 Å². The number of aryl methyl sites for hydroxylation is 2. The van der Waals surface area contributed by atoms with E-state index in [1.807, 2.05) is 31.2 Å². The van der Waals surface area contributed by atoms with Crippen LogP contribution in [0.3, 0.4) is 0 Å². The Morgan fingerprint density at radius 3 is 2.71 bits per heavy atom. The molecule has 0 saturated heterocycles. The van der Waals surface area contributed by atoms with E-state index in [9.17, 15) is 4.79 Å². The molecule has 0 unspecified atom stereocenters. The molecule has 120 valence electrons. The molecule has 0 bridgehead atoms. The van der Waals surface area contributed by atoms with Gasteiger partial charge in [0.15, 0.2) is 0 Å². The van der Waals surface area contributed by atoms with Crippen molar-refractivity contribution in [2.75, 3.05) is 0 Å². The fraction of sp³-hybridized carbons (Fsp3) is 0.176. The van der Waals surface area contributed by atoms with E-state index in [2.05, 4.69) is 21.3 Å². The third-order valence-electron chi connectivity index (χ3n) is 3.58. The molecule has 0 aliphatic rings. The minimum absolute atomic E-state index is 0.163. The fourth-order valence-corrected chi connectivity index (χ4v) is 2.28. The SMILES string of the molecule is C#Cc1nccc(-n2nnn(C)c2=O)c1COc1ccccc1C. The van der Waals surface area contributed by atoms with Crippen molar-refractivity contribution in [1.29, 1.82) is 0 Å². The highest BCUT2D eigenvalue weighted by Gasteiger charge is 2.15. The Kier molecular flexibility index (Phi) is 4.12. The molecule has 0 N–H and O–H groups in total. The average Bonchev–Trinajstić information content (AvgIpc) is 2.93. The van der Waals surface area contributed by atoms with E-state index in [1.54, 1.807) is 6.07 Å². The molecule has 0 spiro atoms. The van der Waals surface area contributed by atoms with Gasteiger partial charge in [0.25, 0.3) is 0 Å². The van der Waals surface area contributed by atoms with Gasteiger partial charge in [0, 0.05) is 18.8 Å². The fourth-order valence-electron chi connectivity index (χ4n) is 2.28. The monoisotopic (exact) mass is 321 g/mol. The Morgan fingerprint density at radius 2 is 2.04 bits per heavy atom. The summed E-state index contributed by atoms with van der Waals surface area (Å²) in [5.41, 5.74) is 2.14. The molecule has 0 saturated carbocycles. The largest absolute Gasteiger partial charge is 0.488 e. The number of benzene rings is 1. The number of para-hydroxylation sites is 1. The first-order valence-electron chi connectivity index (χ1n) is 7.24. The number of aromatic nitrogens is 5. The summed E-state index contributed by atoms with van der Waals surface area (Å²) in [6.07, 6.45) is 7.07. The zero-order valence-corrected chi connectivity index (χ0v) is 13.3. The molecule has 1 aromatic carbocycles. The van der Waals surface area contributed by atoms with Crippen LogP contribution in [0, 0.1) is 19.3 Å². The molecule has 0 aliphatic carbocycles. The van der Waals surface area contributed by atoms with Crippen LogP contribution in [0.5, 0.6) is 5.75 Å². The number of terminal acetylenes is 1. The molecule has 2 heterocycles. The van der Waals surface area contributed by atoms with E-state index in [1.165, 1.54) is 17.9 Å². The maximum Gasteiger partial charge on any atom is 0.368 e. The summed E-state index contributed by atoms with van der Waals surface area (Å²) < 4.78 is 8.19. The van der Waals surface area contributed by atoms with Gasteiger partial charge in [-0.1, -0.05) is 18.2 Å². The van der Waals surface area contributed by atoms with Gasteiger partial charge in [-0.25, -0.2) is 9.78 Å². The van der Waals surface area contributed by atoms with E-state index >= 15 is 0 Å². The molecule has 0 radical (unpaired) electrons. The second-order valence-corrected chi connectivity index (χ2v) is 5.15. The Morgan fingerprint density at radius 1 is 1.25 bits per heavy atom. The second kappa shape index (κ2) is 6.38. The minimum Gasteiger partial charge on any atom is -0.488 e. The molecule has 7 heteroatoms. The van der Waals surface area contributed by atoms with Crippen molar-refractivity contribution in [3.63, 3.8) is 0 Å². The number of rotatable bonds is 4. The van der Waals surface area contributed by atoms with E-state index in [0.29, 0.717) is 16.9 Å². The predicted octanol–water partition coefficient (Wildman–Crippen LogP) is 1.23. The van der Waals surface area contributed by atoms with Gasteiger partial charge < -0.3 is 4.74 Å². The van der Waals surface area contributed by atoms with Crippen molar-refractivity contribution in [3.8, 4) is 23.8 Å². The van der Waals surface area contributed by atoms with Crippen molar-refractivity contribution >= 4 is 0 Å². The molecule has 2 aromatic heterocycles. The van der Waals surface area contributed by atoms with Gasteiger partial charge in [-0.15, -0.1) is 6.42 Å². The van der Waals surface area contributed by atoms with Gasteiger partial charge in [-0.3, -0.25) is 0 Å². The molecular weight excluding hydrogens is 306 g/mol. The number of hydrogen-bond donors (Lipinski definition) is 0. The van der Waals surface area contributed by atoms with E-state index in [4.69, 9.17) is 11.2 Å². The Balaban J connectivity index is 2.03. The number of tetrazole rings is 1. The maximum atomic E-state index is 12.1. The topological polar surface area (TPSA) is 74.8 Å². The van der Waals surface area contributed by atoms with Gasteiger partial charge >= 0.3 is 5.69 Å². The quantitative estimate of drug-likeness (QED) is 0.676. The molecule has 3 rings (SSSR count). The number of hydrogen-bond acceptors (Lipinski definition) is 5. The van der Waals surface area contributed by atoms with Crippen LogP contribution >= 0.6 is 0 Å². The van der Waals surface area contributed by atoms with Crippen LogP contribution in [0.25, 0.3) is 5.69 Å². The first-order valence-corrected chi connectivity index (χ1v) is 7.24. The number of ether oxygens (including phenoxy) is 1. The summed E-state index contributed by atoms with van der Waals surface area (Å²) in [6.45, 7) is 2.12. The van der Waals surface area contributed by atoms with Crippen molar-refractivity contribution < 1.29 is 4.74 Å². The van der Waals surface area contributed by atoms with Crippen LogP contribution in [0.1, 0.15) is 16.8 Å². The van der Waals surface area contributed by atoms with Gasteiger partial charge in [-0.2, -0.15) is 9.36 Å². The van der Waals surface area contributed by atoms with Crippen molar-refractivity contribution in [1.82, 2.24) is 24.8 Å². The smallest absolute Gasteiger partial charge is 0.368 e. The third-order valence-corrected chi connectivity index (χ3v) is 3.58. The molecule has 0 fully saturated rings. The lowest BCUT2D eigenvalue weighted by Gasteiger charge is -2.13. The van der Waals surface area contributed by atoms with E-state index in [-0.39, 0.29) is 12.3 Å². The van der Waals surface area contributed by atoms with Crippen molar-refractivity contribution in [2.45, 2.75) is 13.5 Å². The van der Waals surface area contributed by atoms with Crippen LogP contribution in [-0.4, -0.2) is 24.8 Å². The molecule has 24 heavy (non-hydrogen) atoms. The van der Waals surface area contributed by atoms with Crippen LogP contribution in [0.4, 0.5) is 0 Å². The Labute approximate surface area is 138 Å². The van der Waals surface area contributed by atoms with Crippen LogP contribution in [0.15, 0.2) is 41.3 Å². The Hall–Kier alpha value is -3.40. The van der Waals surface area contributed by atoms with Crippen LogP contribution in [0.2, 0.25) is 0 Å². The summed E-state index contributed by atoms with van der Waals surface area (Å²) in [7, 11) is 1.53. The first-order chi connectivity index (χ1) is 11.6. The van der Waals surface area contributed by atoms with Crippen LogP contribution in [-0.2, 0) is 13.7 Å². The molecule has 0 aliphatic heterocycles. The average molecular weight is 321 g/mol. The zero-order valence-electron chi connectivity index (χ0n) is 13.3. The lowest BCUT2D eigenvalue weighted by atomic mass is 10.1. The van der Waals surface area contributed by atoms with Gasteiger partial charge in [-0.05, 0) is 41.0 Å². The lowest BCUT2D eigenvalue weighted by Crippen LogP contribution is -2.23. The molecule has 7 nitrogen and oxygen atoms in total. The van der Waals surface area contributed by atoms with E-state index < -0.39 is 0 Å². The number of nitrogens with zero attached hydrogens (tertiary/aromatic N) is 5. The molecule has 0 atom stereocenters. The molecule has 3 aromatic rings. The minimum atomic E-state index is -0.374. The highest BCUT2D eigenvalue weighted by Crippen LogP contribution is 2.21. The van der Waals surface area contributed by atoms with Crippen molar-refractivity contribution in [2.24, 2.45) is 7.05 Å². The van der Waals surface area contributed by atoms with Crippen molar-refractivity contribution in [3.05, 3.63) is 63.8 Å². The molecule has 0 amide bonds. The molecular formula is C17H15N5O2. The third kappa shape index (κ3) is 2.77. The summed E-state index contributed by atoms with van der Waals surface area (Å²) >= 11 is 0. The highest BCUT2D eigenvalue weighted by molar-refractivity contribution is 5.47. The lowest BCUT2D eigenvalue weighted by molar-refractivity contribution is 0.302. The number of pyridine rings is 1. The summed E-state index contributed by atoms with van der Waals surface area (Å²) in [5, 5.41) is 7.59. The normalized spacial score (nSPS) is 10.4. The standard InChI is InChI=1S/C17H15N5O2/c1-4-14-13(11-24-16-8-6-5-7-12(16)2)15(9-10-18-14)22-17(23)21(3)19-20-22/h1,5-10H,11H2,2-3H3. The van der Waals surface area contributed by atoms with Crippen LogP contribution < -0.4 is 10.4 Å². The van der Waals surface area contributed by atoms with Gasteiger partial charge in [0.1, 0.15) is 18.1 Å². The summed E-state index contributed by atoms with van der Waals surface area (Å²) in [6, 6.07) is 9.31. The maximum absolute atomic E-state index is 12.1. The predicted molar refractivity (Wildman–Crippen MR) is 87.8 cm³/mol. The second-order valence-electron chi connectivity index (χ2n) is 5.15. The highest BCUT2D eigenvalue weighted by atomic mass is 16.5. The Bertz CT molecular complexity index is 981. The van der Waals surface area contributed by atoms with E-state index in [0.717, 1.165) is 16.0 Å². The zero-order chi connectivity index (χ0) is 17.1. The van der Waals surface area contributed by atoms with Gasteiger partial charge in [0.2, 0.25) is 0 Å². The summed E-state index contributed by atoms with van der Waals surface area (Å²) in [4.78, 5) is 16.3.